The first-order valence-electron chi connectivity index (χ1n) is 10.8. The highest BCUT2D eigenvalue weighted by Crippen LogP contribution is 2.54. The van der Waals surface area contributed by atoms with Crippen molar-refractivity contribution in [3.05, 3.63) is 63.7 Å². The second-order valence-corrected chi connectivity index (χ2v) is 8.81. The third kappa shape index (κ3) is 2.86. The van der Waals surface area contributed by atoms with Gasteiger partial charge in [-0.2, -0.15) is 0 Å². The van der Waals surface area contributed by atoms with E-state index in [1.807, 2.05) is 0 Å². The van der Waals surface area contributed by atoms with Crippen LogP contribution in [0.2, 0.25) is 0 Å². The number of nitrogens with zero attached hydrogens (tertiary/aromatic N) is 2. The molecule has 4 atom stereocenters. The van der Waals surface area contributed by atoms with Crippen LogP contribution < -0.4 is 21.3 Å². The van der Waals surface area contributed by atoms with Gasteiger partial charge in [0.05, 0.1) is 22.4 Å². The summed E-state index contributed by atoms with van der Waals surface area (Å²) in [5.74, 6) is -4.30. The minimum Gasteiger partial charge on any atom is -0.370 e. The Kier molecular flexibility index (Phi) is 4.76. The number of amides is 4. The summed E-state index contributed by atoms with van der Waals surface area (Å²) in [6, 6.07) is 10.3. The zero-order valence-corrected chi connectivity index (χ0v) is 18.1. The molecular formula is C23H21N5O6. The second-order valence-electron chi connectivity index (χ2n) is 8.81. The smallest absolute Gasteiger partial charge is 0.274 e. The Morgan fingerprint density at radius 2 is 1.91 bits per heavy atom. The molecule has 3 aliphatic heterocycles. The molecule has 0 bridgehead atoms. The molecule has 0 aromatic heterocycles. The first kappa shape index (κ1) is 21.7. The highest BCUT2D eigenvalue weighted by Gasteiger charge is 2.70. The van der Waals surface area contributed by atoms with Gasteiger partial charge in [0.2, 0.25) is 23.6 Å². The molecule has 3 aliphatic rings. The van der Waals surface area contributed by atoms with Gasteiger partial charge in [-0.15, -0.1) is 0 Å². The van der Waals surface area contributed by atoms with Gasteiger partial charge in [-0.3, -0.25) is 34.6 Å². The van der Waals surface area contributed by atoms with Gasteiger partial charge in [0.1, 0.15) is 5.54 Å². The van der Waals surface area contributed by atoms with Crippen molar-refractivity contribution < 1.29 is 24.1 Å². The van der Waals surface area contributed by atoms with Crippen LogP contribution >= 0.6 is 0 Å². The minimum absolute atomic E-state index is 0.0439. The molecule has 11 heteroatoms. The number of carbonyl (C=O) groups is 4. The van der Waals surface area contributed by atoms with Crippen molar-refractivity contribution in [2.45, 2.75) is 31.3 Å². The Morgan fingerprint density at radius 1 is 1.18 bits per heavy atom. The Balaban J connectivity index is 1.64. The van der Waals surface area contributed by atoms with Crippen LogP contribution in [0.15, 0.2) is 42.5 Å². The number of imide groups is 1. The van der Waals surface area contributed by atoms with Crippen molar-refractivity contribution in [2.24, 2.45) is 17.6 Å². The first-order valence-corrected chi connectivity index (χ1v) is 10.8. The van der Waals surface area contributed by atoms with E-state index in [2.05, 4.69) is 10.6 Å². The maximum Gasteiger partial charge on any atom is 0.274 e. The number of anilines is 2. The quantitative estimate of drug-likeness (QED) is 0.339. The van der Waals surface area contributed by atoms with E-state index < -0.39 is 52.0 Å². The van der Waals surface area contributed by atoms with Crippen LogP contribution in [-0.2, 0) is 24.7 Å². The predicted octanol–water partition coefficient (Wildman–Crippen LogP) is 1.09. The summed E-state index contributed by atoms with van der Waals surface area (Å²) < 4.78 is 0. The molecule has 2 fully saturated rings. The number of benzene rings is 2. The normalized spacial score (nSPS) is 27.1. The summed E-state index contributed by atoms with van der Waals surface area (Å²) in [6.07, 6.45) is 0.103. The fourth-order valence-corrected chi connectivity index (χ4v) is 5.49. The van der Waals surface area contributed by atoms with Gasteiger partial charge >= 0.3 is 0 Å². The summed E-state index contributed by atoms with van der Waals surface area (Å²) in [7, 11) is 0. The van der Waals surface area contributed by atoms with Gasteiger partial charge in [-0.1, -0.05) is 24.3 Å². The van der Waals surface area contributed by atoms with Gasteiger partial charge in [-0.25, -0.2) is 4.90 Å². The van der Waals surface area contributed by atoms with Crippen molar-refractivity contribution >= 4 is 40.7 Å². The van der Waals surface area contributed by atoms with Crippen molar-refractivity contribution in [2.75, 3.05) is 10.2 Å². The maximum atomic E-state index is 13.8. The molecule has 2 saturated heterocycles. The van der Waals surface area contributed by atoms with Crippen LogP contribution in [0, 0.1) is 28.9 Å². The van der Waals surface area contributed by atoms with Crippen LogP contribution in [0.4, 0.5) is 17.1 Å². The highest BCUT2D eigenvalue weighted by molar-refractivity contribution is 6.26. The molecule has 5 rings (SSSR count). The molecule has 34 heavy (non-hydrogen) atoms. The number of carbonyl (C=O) groups excluding carboxylic acids is 4. The van der Waals surface area contributed by atoms with Crippen LogP contribution in [0.5, 0.6) is 0 Å². The van der Waals surface area contributed by atoms with Gasteiger partial charge in [0, 0.05) is 35.3 Å². The lowest BCUT2D eigenvalue weighted by atomic mass is 9.76. The molecule has 3 heterocycles. The van der Waals surface area contributed by atoms with E-state index in [1.54, 1.807) is 31.2 Å². The van der Waals surface area contributed by atoms with Gasteiger partial charge in [0.15, 0.2) is 0 Å². The lowest BCUT2D eigenvalue weighted by Gasteiger charge is -2.29. The Morgan fingerprint density at radius 3 is 2.62 bits per heavy atom. The number of primary amides is 1. The molecule has 1 spiro atoms. The first-order chi connectivity index (χ1) is 16.2. The summed E-state index contributed by atoms with van der Waals surface area (Å²) in [4.78, 5) is 64.0. The number of nitro groups is 1. The molecule has 2 aromatic rings. The molecule has 0 radical (unpaired) electrons. The monoisotopic (exact) mass is 463 g/mol. The van der Waals surface area contributed by atoms with E-state index in [4.69, 9.17) is 5.73 Å². The number of rotatable bonds is 5. The number of nitro benzene ring substituents is 1. The zero-order chi connectivity index (χ0) is 24.4. The third-order valence-electron chi connectivity index (χ3n) is 6.97. The molecule has 0 saturated carbocycles. The standard InChI is InChI=1S/C23H21N5O6/c1-11-6-7-12(10-16(11)28(33)34)27-20(30)18-15(8-9-17(24)29)26-23(19(18)21(27)31)13-4-2-3-5-14(13)25-22(23)32/h2-7,10,15,18-19,26H,8-9H2,1H3,(H2,24,29)(H,25,32)/t15-,18-,19-,23-/m0/s1. The summed E-state index contributed by atoms with van der Waals surface area (Å²) >= 11 is 0. The molecule has 174 valence electrons. The largest absolute Gasteiger partial charge is 0.370 e. The van der Waals surface area contributed by atoms with Crippen LogP contribution in [-0.4, -0.2) is 34.6 Å². The van der Waals surface area contributed by atoms with Crippen molar-refractivity contribution in [3.8, 4) is 0 Å². The highest BCUT2D eigenvalue weighted by atomic mass is 16.6. The van der Waals surface area contributed by atoms with Crippen molar-refractivity contribution in [1.82, 2.24) is 5.32 Å². The Hall–Kier alpha value is -4.12. The number of fused-ring (bicyclic) bond motifs is 4. The topological polar surface area (TPSA) is 165 Å². The van der Waals surface area contributed by atoms with E-state index in [0.29, 0.717) is 16.8 Å². The number of para-hydroxylation sites is 1. The zero-order valence-electron chi connectivity index (χ0n) is 18.1. The average Bonchev–Trinajstić information content (AvgIpc) is 3.37. The third-order valence-corrected chi connectivity index (χ3v) is 6.97. The van der Waals surface area contributed by atoms with Gasteiger partial charge in [0.25, 0.3) is 5.69 Å². The molecular weight excluding hydrogens is 442 g/mol. The van der Waals surface area contributed by atoms with Gasteiger partial charge in [-0.05, 0) is 25.5 Å². The number of nitrogens with one attached hydrogen (secondary N) is 2. The van der Waals surface area contributed by atoms with Crippen LogP contribution in [0.25, 0.3) is 0 Å². The number of aryl methyl sites for hydroxylation is 1. The molecule has 2 aromatic carbocycles. The Bertz CT molecular complexity index is 1290. The molecule has 11 nitrogen and oxygen atoms in total. The molecule has 0 aliphatic carbocycles. The fraction of sp³-hybridized carbons (Fsp3) is 0.304. The number of hydrogen-bond acceptors (Lipinski definition) is 7. The predicted molar refractivity (Wildman–Crippen MR) is 119 cm³/mol. The summed E-state index contributed by atoms with van der Waals surface area (Å²) in [5.41, 5.74) is 5.10. The minimum atomic E-state index is -1.51. The fourth-order valence-electron chi connectivity index (χ4n) is 5.49. The van der Waals surface area contributed by atoms with Gasteiger partial charge < -0.3 is 11.1 Å². The van der Waals surface area contributed by atoms with E-state index in [-0.39, 0.29) is 24.2 Å². The Labute approximate surface area is 193 Å². The van der Waals surface area contributed by atoms with Crippen LogP contribution in [0.3, 0.4) is 0 Å². The van der Waals surface area contributed by atoms with Crippen molar-refractivity contribution in [1.29, 1.82) is 0 Å². The van der Waals surface area contributed by atoms with E-state index in [9.17, 15) is 29.3 Å². The summed E-state index contributed by atoms with van der Waals surface area (Å²) in [5, 5.41) is 17.4. The maximum absolute atomic E-state index is 13.8. The van der Waals surface area contributed by atoms with Crippen molar-refractivity contribution in [3.63, 3.8) is 0 Å². The van der Waals surface area contributed by atoms with E-state index in [0.717, 1.165) is 4.90 Å². The number of nitrogens with two attached hydrogens (primary N) is 1. The molecule has 4 amide bonds. The van der Waals surface area contributed by atoms with Crippen LogP contribution in [0.1, 0.15) is 24.0 Å². The lowest BCUT2D eigenvalue weighted by Crippen LogP contribution is -2.53. The van der Waals surface area contributed by atoms with E-state index >= 15 is 0 Å². The number of hydrogen-bond donors (Lipinski definition) is 3. The van der Waals surface area contributed by atoms with E-state index in [1.165, 1.54) is 18.2 Å². The molecule has 0 unspecified atom stereocenters. The average molecular weight is 463 g/mol. The second kappa shape index (κ2) is 7.45. The summed E-state index contributed by atoms with van der Waals surface area (Å²) in [6.45, 7) is 1.56. The molecule has 4 N–H and O–H groups in total. The SMILES string of the molecule is Cc1ccc(N2C(=O)[C@H]3[C@H](CCC(N)=O)N[C@]4(C(=O)Nc5ccccc54)[C@@H]3C2=O)cc1[N+](=O)[O-]. The lowest BCUT2D eigenvalue weighted by molar-refractivity contribution is -0.385.